The number of fused-ring (bicyclic) bond motifs is 1. The Morgan fingerprint density at radius 1 is 1.13 bits per heavy atom. The number of carbonyl (C=O) groups is 4. The van der Waals surface area contributed by atoms with Crippen LogP contribution in [0.2, 0.25) is 0 Å². The summed E-state index contributed by atoms with van der Waals surface area (Å²) in [5.41, 5.74) is 0.882. The fourth-order valence-electron chi connectivity index (χ4n) is 4.02. The number of allylic oxidation sites excluding steroid dienone is 2. The molecule has 8 heteroatoms. The molecule has 1 saturated heterocycles. The Morgan fingerprint density at radius 2 is 1.70 bits per heavy atom. The van der Waals surface area contributed by atoms with E-state index in [2.05, 4.69) is 21.2 Å². The number of imide groups is 1. The SMILES string of the molecule is CNC(=O)C(C)N(Cc1ccc(Br)cc1)C(=O)CCN1C(=O)[C@H]2CC=CC[C@H]2C1=O. The summed E-state index contributed by atoms with van der Waals surface area (Å²) in [6.07, 6.45) is 5.01. The molecule has 2 aliphatic rings. The summed E-state index contributed by atoms with van der Waals surface area (Å²) >= 11 is 3.39. The van der Waals surface area contributed by atoms with E-state index in [0.717, 1.165) is 10.0 Å². The maximum absolute atomic E-state index is 13.0. The van der Waals surface area contributed by atoms with Crippen LogP contribution in [0, 0.1) is 11.8 Å². The Kier molecular flexibility index (Phi) is 7.07. The molecule has 3 atom stereocenters. The van der Waals surface area contributed by atoms with E-state index < -0.39 is 6.04 Å². The zero-order valence-corrected chi connectivity index (χ0v) is 18.7. The molecule has 0 bridgehead atoms. The molecule has 1 heterocycles. The van der Waals surface area contributed by atoms with Gasteiger partial charge in [0.2, 0.25) is 23.6 Å². The zero-order chi connectivity index (χ0) is 21.8. The third-order valence-corrected chi connectivity index (χ3v) is 6.36. The summed E-state index contributed by atoms with van der Waals surface area (Å²) < 4.78 is 0.922. The lowest BCUT2D eigenvalue weighted by molar-refractivity contribution is -0.143. The van der Waals surface area contributed by atoms with Crippen LogP contribution in [0.15, 0.2) is 40.9 Å². The normalized spacial score (nSPS) is 21.4. The molecule has 1 N–H and O–H groups in total. The number of hydrogen-bond acceptors (Lipinski definition) is 4. The van der Waals surface area contributed by atoms with Crippen molar-refractivity contribution in [3.8, 4) is 0 Å². The number of likely N-dealkylation sites (tertiary alicyclic amines) is 1. The number of benzene rings is 1. The first-order valence-corrected chi connectivity index (χ1v) is 10.9. The number of halogens is 1. The number of hydrogen-bond donors (Lipinski definition) is 1. The molecule has 1 aliphatic carbocycles. The summed E-state index contributed by atoms with van der Waals surface area (Å²) in [4.78, 5) is 53.2. The lowest BCUT2D eigenvalue weighted by Crippen LogP contribution is -2.47. The van der Waals surface area contributed by atoms with Gasteiger partial charge in [0.25, 0.3) is 0 Å². The molecule has 0 saturated carbocycles. The summed E-state index contributed by atoms with van der Waals surface area (Å²) in [5, 5.41) is 2.57. The summed E-state index contributed by atoms with van der Waals surface area (Å²) in [7, 11) is 1.53. The van der Waals surface area contributed by atoms with Gasteiger partial charge in [-0.25, -0.2) is 0 Å². The summed E-state index contributed by atoms with van der Waals surface area (Å²) in [6, 6.07) is 6.83. The Hall–Kier alpha value is -2.48. The first kappa shape index (κ1) is 22.2. The zero-order valence-electron chi connectivity index (χ0n) is 17.1. The third-order valence-electron chi connectivity index (χ3n) is 5.83. The Bertz CT molecular complexity index is 842. The van der Waals surface area contributed by atoms with Crippen LogP contribution in [0.1, 0.15) is 31.7 Å². The highest BCUT2D eigenvalue weighted by Crippen LogP contribution is 2.35. The van der Waals surface area contributed by atoms with Crippen LogP contribution in [0.25, 0.3) is 0 Å². The monoisotopic (exact) mass is 475 g/mol. The minimum absolute atomic E-state index is 0.0117. The van der Waals surface area contributed by atoms with Gasteiger partial charge >= 0.3 is 0 Å². The summed E-state index contributed by atoms with van der Waals surface area (Å²) in [6.45, 7) is 1.97. The number of carbonyl (C=O) groups excluding carboxylic acids is 4. The molecule has 1 aromatic rings. The first-order chi connectivity index (χ1) is 14.3. The van der Waals surface area contributed by atoms with Crippen molar-refractivity contribution in [3.05, 3.63) is 46.5 Å². The highest BCUT2D eigenvalue weighted by atomic mass is 79.9. The molecule has 1 aliphatic heterocycles. The molecule has 30 heavy (non-hydrogen) atoms. The van der Waals surface area contributed by atoms with Crippen molar-refractivity contribution in [1.29, 1.82) is 0 Å². The van der Waals surface area contributed by atoms with Gasteiger partial charge < -0.3 is 10.2 Å². The van der Waals surface area contributed by atoms with Crippen molar-refractivity contribution in [1.82, 2.24) is 15.1 Å². The van der Waals surface area contributed by atoms with Crippen LogP contribution < -0.4 is 5.32 Å². The van der Waals surface area contributed by atoms with E-state index in [1.165, 1.54) is 16.8 Å². The average molecular weight is 476 g/mol. The quantitative estimate of drug-likeness (QED) is 0.483. The molecule has 1 aromatic carbocycles. The number of likely N-dealkylation sites (N-methyl/N-ethyl adjacent to an activating group) is 1. The molecule has 3 rings (SSSR count). The van der Waals surface area contributed by atoms with Gasteiger partial charge in [0.05, 0.1) is 11.8 Å². The van der Waals surface area contributed by atoms with Crippen molar-refractivity contribution in [2.24, 2.45) is 11.8 Å². The van der Waals surface area contributed by atoms with Gasteiger partial charge in [0.1, 0.15) is 6.04 Å². The van der Waals surface area contributed by atoms with Gasteiger partial charge in [-0.3, -0.25) is 24.1 Å². The second-order valence-electron chi connectivity index (χ2n) is 7.67. The molecular weight excluding hydrogens is 450 g/mol. The van der Waals surface area contributed by atoms with Crippen molar-refractivity contribution >= 4 is 39.6 Å². The molecular formula is C22H26BrN3O4. The van der Waals surface area contributed by atoms with Crippen molar-refractivity contribution in [2.75, 3.05) is 13.6 Å². The molecule has 7 nitrogen and oxygen atoms in total. The number of amides is 4. The topological polar surface area (TPSA) is 86.8 Å². The Labute approximate surface area is 184 Å². The second kappa shape index (κ2) is 9.55. The highest BCUT2D eigenvalue weighted by molar-refractivity contribution is 9.10. The minimum Gasteiger partial charge on any atom is -0.357 e. The standard InChI is InChI=1S/C22H26BrN3O4/c1-14(20(28)24-2)26(13-15-7-9-16(23)10-8-15)19(27)11-12-25-21(29)17-5-3-4-6-18(17)22(25)30/h3-4,7-10,14,17-18H,5-6,11-13H2,1-2H3,(H,24,28)/t14?,17-,18+. The van der Waals surface area contributed by atoms with Crippen molar-refractivity contribution in [2.45, 2.75) is 38.8 Å². The fourth-order valence-corrected chi connectivity index (χ4v) is 4.28. The number of nitrogens with zero attached hydrogens (tertiary/aromatic N) is 2. The van der Waals surface area contributed by atoms with Crippen molar-refractivity contribution in [3.63, 3.8) is 0 Å². The van der Waals surface area contributed by atoms with Crippen LogP contribution in [-0.4, -0.2) is 53.1 Å². The fraction of sp³-hybridized carbons (Fsp3) is 0.455. The largest absolute Gasteiger partial charge is 0.357 e. The van der Waals surface area contributed by atoms with E-state index in [1.807, 2.05) is 36.4 Å². The lowest BCUT2D eigenvalue weighted by Gasteiger charge is -2.29. The van der Waals surface area contributed by atoms with Crippen LogP contribution >= 0.6 is 15.9 Å². The molecule has 4 amide bonds. The predicted octanol–water partition coefficient (Wildman–Crippen LogP) is 2.25. The van der Waals surface area contributed by atoms with E-state index in [9.17, 15) is 19.2 Å². The van der Waals surface area contributed by atoms with Crippen LogP contribution in [0.3, 0.4) is 0 Å². The van der Waals surface area contributed by atoms with Gasteiger partial charge in [0, 0.05) is 31.0 Å². The van der Waals surface area contributed by atoms with E-state index in [-0.39, 0.29) is 55.0 Å². The molecule has 160 valence electrons. The van der Waals surface area contributed by atoms with E-state index in [0.29, 0.717) is 12.8 Å². The lowest BCUT2D eigenvalue weighted by atomic mass is 9.85. The predicted molar refractivity (Wildman–Crippen MR) is 115 cm³/mol. The maximum Gasteiger partial charge on any atom is 0.242 e. The number of rotatable bonds is 7. The maximum atomic E-state index is 13.0. The van der Waals surface area contributed by atoms with E-state index in [1.54, 1.807) is 6.92 Å². The Morgan fingerprint density at radius 3 is 2.23 bits per heavy atom. The van der Waals surface area contributed by atoms with Gasteiger partial charge in [-0.15, -0.1) is 0 Å². The number of nitrogens with one attached hydrogen (secondary N) is 1. The molecule has 0 spiro atoms. The third kappa shape index (κ3) is 4.64. The van der Waals surface area contributed by atoms with E-state index in [4.69, 9.17) is 0 Å². The minimum atomic E-state index is -0.678. The van der Waals surface area contributed by atoms with Crippen LogP contribution in [0.4, 0.5) is 0 Å². The highest BCUT2D eigenvalue weighted by Gasteiger charge is 2.47. The molecule has 0 radical (unpaired) electrons. The van der Waals surface area contributed by atoms with Gasteiger partial charge in [0.15, 0.2) is 0 Å². The van der Waals surface area contributed by atoms with Gasteiger partial charge in [-0.05, 0) is 37.5 Å². The molecule has 1 fully saturated rings. The second-order valence-corrected chi connectivity index (χ2v) is 8.59. The summed E-state index contributed by atoms with van der Waals surface area (Å²) in [5.74, 6) is -1.54. The van der Waals surface area contributed by atoms with E-state index >= 15 is 0 Å². The van der Waals surface area contributed by atoms with Crippen LogP contribution in [-0.2, 0) is 25.7 Å². The van der Waals surface area contributed by atoms with Crippen molar-refractivity contribution < 1.29 is 19.2 Å². The smallest absolute Gasteiger partial charge is 0.242 e. The van der Waals surface area contributed by atoms with Gasteiger partial charge in [-0.2, -0.15) is 0 Å². The average Bonchev–Trinajstić information content (AvgIpc) is 3.00. The Balaban J connectivity index is 1.69. The first-order valence-electron chi connectivity index (χ1n) is 10.1. The van der Waals surface area contributed by atoms with Gasteiger partial charge in [-0.1, -0.05) is 40.2 Å². The molecule has 0 aromatic heterocycles. The van der Waals surface area contributed by atoms with Crippen LogP contribution in [0.5, 0.6) is 0 Å². The molecule has 1 unspecified atom stereocenters.